The molecule has 0 bridgehead atoms. The minimum atomic E-state index is -0.462. The number of nitrogens with one attached hydrogen (secondary N) is 1. The molecule has 0 heterocycles. The molecule has 5 heteroatoms. The predicted octanol–water partition coefficient (Wildman–Crippen LogP) is 2.60. The average molecular weight is 299 g/mol. The summed E-state index contributed by atoms with van der Waals surface area (Å²) in [5, 5.41) is 3.51. The van der Waals surface area contributed by atoms with Crippen LogP contribution < -0.4 is 15.8 Å². The summed E-state index contributed by atoms with van der Waals surface area (Å²) in [6.07, 6.45) is 1.47. The van der Waals surface area contributed by atoms with Gasteiger partial charge < -0.3 is 15.8 Å². The van der Waals surface area contributed by atoms with Crippen LogP contribution >= 0.6 is 11.6 Å². The number of amides is 1. The third-order valence-electron chi connectivity index (χ3n) is 3.68. The van der Waals surface area contributed by atoms with E-state index in [0.717, 1.165) is 12.8 Å². The summed E-state index contributed by atoms with van der Waals surface area (Å²) in [6, 6.07) is 7.18. The molecule has 1 aromatic rings. The quantitative estimate of drug-likeness (QED) is 0.725. The summed E-state index contributed by atoms with van der Waals surface area (Å²) in [6.45, 7) is 5.19. The lowest BCUT2D eigenvalue weighted by Gasteiger charge is -2.28. The van der Waals surface area contributed by atoms with E-state index in [4.69, 9.17) is 22.1 Å². The summed E-state index contributed by atoms with van der Waals surface area (Å²) in [4.78, 5) is 12.2. The summed E-state index contributed by atoms with van der Waals surface area (Å²) >= 11 is 5.86. The number of carbonyl (C=O) groups excluding carboxylic acids is 1. The van der Waals surface area contributed by atoms with Gasteiger partial charge in [0, 0.05) is 11.6 Å². The lowest BCUT2D eigenvalue weighted by molar-refractivity contribution is -0.131. The summed E-state index contributed by atoms with van der Waals surface area (Å²) < 4.78 is 5.52. The number of benzene rings is 1. The Morgan fingerprint density at radius 2 is 2.10 bits per heavy atom. The van der Waals surface area contributed by atoms with E-state index in [0.29, 0.717) is 30.5 Å². The van der Waals surface area contributed by atoms with Crippen LogP contribution in [0.15, 0.2) is 24.3 Å². The van der Waals surface area contributed by atoms with Gasteiger partial charge in [-0.2, -0.15) is 0 Å². The van der Waals surface area contributed by atoms with E-state index in [1.807, 2.05) is 26.0 Å². The zero-order valence-corrected chi connectivity index (χ0v) is 12.9. The second-order valence-electron chi connectivity index (χ2n) is 4.75. The minimum Gasteiger partial charge on any atom is -0.492 e. The maximum absolute atomic E-state index is 12.2. The molecule has 0 unspecified atom stereocenters. The van der Waals surface area contributed by atoms with Gasteiger partial charge in [-0.1, -0.05) is 31.5 Å². The Labute approximate surface area is 125 Å². The molecule has 0 aromatic heterocycles. The average Bonchev–Trinajstić information content (AvgIpc) is 2.46. The van der Waals surface area contributed by atoms with Crippen molar-refractivity contribution in [1.29, 1.82) is 0 Å². The van der Waals surface area contributed by atoms with Gasteiger partial charge in [0.15, 0.2) is 0 Å². The third-order valence-corrected chi connectivity index (χ3v) is 3.91. The number of carbonyl (C=O) groups is 1. The first kappa shape index (κ1) is 16.8. The van der Waals surface area contributed by atoms with E-state index in [2.05, 4.69) is 5.32 Å². The molecule has 0 spiro atoms. The molecule has 0 radical (unpaired) electrons. The molecule has 1 amide bonds. The molecule has 0 atom stereocenters. The van der Waals surface area contributed by atoms with Gasteiger partial charge in [0.25, 0.3) is 0 Å². The number of halogens is 1. The zero-order valence-electron chi connectivity index (χ0n) is 12.1. The Kier molecular flexibility index (Phi) is 6.82. The molecule has 20 heavy (non-hydrogen) atoms. The Morgan fingerprint density at radius 1 is 1.40 bits per heavy atom. The van der Waals surface area contributed by atoms with Crippen LogP contribution in [0.25, 0.3) is 0 Å². The van der Waals surface area contributed by atoms with Crippen molar-refractivity contribution in [1.82, 2.24) is 5.32 Å². The first-order valence-corrected chi connectivity index (χ1v) is 7.32. The van der Waals surface area contributed by atoms with Gasteiger partial charge in [0.1, 0.15) is 12.4 Å². The zero-order chi connectivity index (χ0) is 15.0. The van der Waals surface area contributed by atoms with Crippen molar-refractivity contribution < 1.29 is 9.53 Å². The van der Waals surface area contributed by atoms with Gasteiger partial charge in [-0.25, -0.2) is 0 Å². The topological polar surface area (TPSA) is 64.4 Å². The standard InChI is InChI=1S/C15H23ClN2O2/c1-3-15(4-2,11-17)14(19)18-8-9-20-13-7-5-6-12(16)10-13/h5-7,10H,3-4,8-9,11,17H2,1-2H3,(H,18,19). The maximum atomic E-state index is 12.2. The Hall–Kier alpha value is -1.26. The van der Waals surface area contributed by atoms with Crippen LogP contribution in [0.4, 0.5) is 0 Å². The second kappa shape index (κ2) is 8.12. The lowest BCUT2D eigenvalue weighted by Crippen LogP contribution is -2.46. The molecule has 1 aromatic carbocycles. The Balaban J connectivity index is 2.39. The molecular weight excluding hydrogens is 276 g/mol. The van der Waals surface area contributed by atoms with Crippen LogP contribution in [-0.2, 0) is 4.79 Å². The lowest BCUT2D eigenvalue weighted by atomic mass is 9.81. The molecule has 0 saturated heterocycles. The van der Waals surface area contributed by atoms with Crippen LogP contribution in [-0.4, -0.2) is 25.6 Å². The summed E-state index contributed by atoms with van der Waals surface area (Å²) in [5.74, 6) is 0.697. The number of ether oxygens (including phenoxy) is 1. The molecule has 0 aliphatic carbocycles. The van der Waals surface area contributed by atoms with Crippen LogP contribution in [0, 0.1) is 5.41 Å². The van der Waals surface area contributed by atoms with Crippen LogP contribution in [0.2, 0.25) is 5.02 Å². The largest absolute Gasteiger partial charge is 0.492 e. The van der Waals surface area contributed by atoms with Gasteiger partial charge >= 0.3 is 0 Å². The molecule has 0 fully saturated rings. The highest BCUT2D eigenvalue weighted by Crippen LogP contribution is 2.24. The van der Waals surface area contributed by atoms with Gasteiger partial charge in [-0.15, -0.1) is 0 Å². The second-order valence-corrected chi connectivity index (χ2v) is 5.19. The molecule has 0 saturated carbocycles. The highest BCUT2D eigenvalue weighted by molar-refractivity contribution is 6.30. The van der Waals surface area contributed by atoms with Gasteiger partial charge in [-0.3, -0.25) is 4.79 Å². The van der Waals surface area contributed by atoms with E-state index in [1.165, 1.54) is 0 Å². The molecule has 0 aliphatic rings. The van der Waals surface area contributed by atoms with Crippen molar-refractivity contribution in [3.05, 3.63) is 29.3 Å². The minimum absolute atomic E-state index is 0.000283. The molecule has 1 rings (SSSR count). The van der Waals surface area contributed by atoms with Crippen molar-refractivity contribution in [3.8, 4) is 5.75 Å². The predicted molar refractivity (Wildman–Crippen MR) is 82.0 cm³/mol. The number of hydrogen-bond acceptors (Lipinski definition) is 3. The molecule has 0 aliphatic heterocycles. The van der Waals surface area contributed by atoms with Crippen molar-refractivity contribution in [2.75, 3.05) is 19.7 Å². The monoisotopic (exact) mass is 298 g/mol. The fourth-order valence-electron chi connectivity index (χ4n) is 2.03. The number of hydrogen-bond donors (Lipinski definition) is 2. The van der Waals surface area contributed by atoms with Crippen LogP contribution in [0.1, 0.15) is 26.7 Å². The van der Waals surface area contributed by atoms with Crippen LogP contribution in [0.5, 0.6) is 5.75 Å². The maximum Gasteiger partial charge on any atom is 0.227 e. The third kappa shape index (κ3) is 4.39. The molecular formula is C15H23ClN2O2. The van der Waals surface area contributed by atoms with Crippen molar-refractivity contribution in [2.45, 2.75) is 26.7 Å². The SMILES string of the molecule is CCC(CC)(CN)C(=O)NCCOc1cccc(Cl)c1. The van der Waals surface area contributed by atoms with E-state index in [-0.39, 0.29) is 5.91 Å². The van der Waals surface area contributed by atoms with E-state index in [9.17, 15) is 4.79 Å². The Morgan fingerprint density at radius 3 is 2.65 bits per heavy atom. The normalized spacial score (nSPS) is 11.2. The summed E-state index contributed by atoms with van der Waals surface area (Å²) in [7, 11) is 0. The van der Waals surface area contributed by atoms with Crippen molar-refractivity contribution in [3.63, 3.8) is 0 Å². The number of rotatable bonds is 8. The number of nitrogens with two attached hydrogens (primary N) is 1. The van der Waals surface area contributed by atoms with Crippen molar-refractivity contribution in [2.24, 2.45) is 11.1 Å². The highest BCUT2D eigenvalue weighted by atomic mass is 35.5. The summed E-state index contributed by atoms with van der Waals surface area (Å²) in [5.41, 5.74) is 5.27. The first-order chi connectivity index (χ1) is 9.57. The van der Waals surface area contributed by atoms with Gasteiger partial charge in [0.2, 0.25) is 5.91 Å². The van der Waals surface area contributed by atoms with E-state index < -0.39 is 5.41 Å². The molecule has 3 N–H and O–H groups in total. The van der Waals surface area contributed by atoms with Crippen molar-refractivity contribution >= 4 is 17.5 Å². The fourth-order valence-corrected chi connectivity index (χ4v) is 2.21. The van der Waals surface area contributed by atoms with E-state index >= 15 is 0 Å². The van der Waals surface area contributed by atoms with Crippen LogP contribution in [0.3, 0.4) is 0 Å². The fraction of sp³-hybridized carbons (Fsp3) is 0.533. The van der Waals surface area contributed by atoms with Gasteiger partial charge in [-0.05, 0) is 31.0 Å². The van der Waals surface area contributed by atoms with E-state index in [1.54, 1.807) is 12.1 Å². The first-order valence-electron chi connectivity index (χ1n) is 6.94. The molecule has 112 valence electrons. The smallest absolute Gasteiger partial charge is 0.227 e. The Bertz CT molecular complexity index is 425. The molecule has 4 nitrogen and oxygen atoms in total. The van der Waals surface area contributed by atoms with Gasteiger partial charge in [0.05, 0.1) is 12.0 Å². The highest BCUT2D eigenvalue weighted by Gasteiger charge is 2.32.